The molecule has 0 fully saturated rings. The summed E-state index contributed by atoms with van der Waals surface area (Å²) < 4.78 is 0. The molecule has 6 unspecified atom stereocenters. The number of aromatic hydroxyl groups is 6. The smallest absolute Gasteiger partial charge is 0.122 e. The van der Waals surface area contributed by atoms with E-state index < -0.39 is 0 Å². The van der Waals surface area contributed by atoms with E-state index in [-0.39, 0.29) is 102 Å². The Labute approximate surface area is 560 Å². The first-order valence-electron chi connectivity index (χ1n) is 33.4. The minimum absolute atomic E-state index is 0.0635. The van der Waals surface area contributed by atoms with Crippen LogP contribution in [-0.2, 0) is 32.1 Å². The fourth-order valence-corrected chi connectivity index (χ4v) is 13.9. The molecule has 0 heterocycles. The van der Waals surface area contributed by atoms with Gasteiger partial charge in [-0.1, -0.05) is 296 Å². The molecule has 0 radical (unpaired) electrons. The van der Waals surface area contributed by atoms with E-state index in [1.54, 1.807) is 12.1 Å². The summed E-state index contributed by atoms with van der Waals surface area (Å²) in [6.07, 6.45) is 1.03. The largest absolute Gasteiger partial charge is 0.508 e. The summed E-state index contributed by atoms with van der Waals surface area (Å²) in [6, 6.07) is 89.9. The van der Waals surface area contributed by atoms with Crippen molar-refractivity contribution in [1.29, 1.82) is 0 Å². The van der Waals surface area contributed by atoms with Crippen LogP contribution in [0.4, 0.5) is 0 Å². The van der Waals surface area contributed by atoms with E-state index in [2.05, 4.69) is 163 Å². The molecule has 12 aromatic carbocycles. The van der Waals surface area contributed by atoms with Gasteiger partial charge in [-0.05, 0) is 135 Å². The van der Waals surface area contributed by atoms with Gasteiger partial charge in [0.1, 0.15) is 34.5 Å². The number of phenolic OH excluding ortho intramolecular Hbond substituents is 6. The Bertz CT molecular complexity index is 4310. The van der Waals surface area contributed by atoms with Crippen molar-refractivity contribution < 1.29 is 30.6 Å². The van der Waals surface area contributed by atoms with Crippen molar-refractivity contribution >= 4 is 0 Å². The average molecular weight is 1250 g/mol. The third kappa shape index (κ3) is 14.5. The predicted octanol–water partition coefficient (Wildman–Crippen LogP) is 20.8. The van der Waals surface area contributed by atoms with Crippen molar-refractivity contribution in [3.8, 4) is 34.5 Å². The first-order valence-corrected chi connectivity index (χ1v) is 33.4. The molecule has 0 bridgehead atoms. The summed E-state index contributed by atoms with van der Waals surface area (Å²) in [4.78, 5) is 0. The van der Waals surface area contributed by atoms with Gasteiger partial charge in [0.2, 0.25) is 0 Å². The van der Waals surface area contributed by atoms with E-state index in [1.807, 2.05) is 133 Å². The highest BCUT2D eigenvalue weighted by atomic mass is 16.3. The van der Waals surface area contributed by atoms with Crippen molar-refractivity contribution in [3.63, 3.8) is 0 Å². The van der Waals surface area contributed by atoms with Crippen LogP contribution in [-0.4, -0.2) is 30.6 Å². The Kier molecular flexibility index (Phi) is 19.5. The van der Waals surface area contributed by atoms with Crippen LogP contribution < -0.4 is 0 Å². The van der Waals surface area contributed by atoms with Gasteiger partial charge in [-0.2, -0.15) is 0 Å². The van der Waals surface area contributed by atoms with Crippen molar-refractivity contribution in [2.75, 3.05) is 0 Å². The maximum absolute atomic E-state index is 13.0. The zero-order chi connectivity index (χ0) is 66.3. The second-order valence-corrected chi connectivity index (χ2v) is 26.2. The van der Waals surface area contributed by atoms with Crippen LogP contribution in [0.15, 0.2) is 267 Å². The normalized spacial score (nSPS) is 13.4. The highest BCUT2D eigenvalue weighted by molar-refractivity contribution is 5.60. The van der Waals surface area contributed by atoms with Gasteiger partial charge in [-0.3, -0.25) is 0 Å². The first kappa shape index (κ1) is 64.5. The van der Waals surface area contributed by atoms with E-state index in [9.17, 15) is 30.6 Å². The summed E-state index contributed by atoms with van der Waals surface area (Å²) in [5.74, 6) is 0.405. The van der Waals surface area contributed by atoms with E-state index in [4.69, 9.17) is 0 Å². The molecular formula is C89H84O6. The van der Waals surface area contributed by atoms with Gasteiger partial charge in [0.05, 0.1) is 0 Å². The second-order valence-electron chi connectivity index (χ2n) is 26.2. The Morgan fingerprint density at radius 1 is 0.179 bits per heavy atom. The summed E-state index contributed by atoms with van der Waals surface area (Å²) in [6.45, 7) is 13.0. The van der Waals surface area contributed by atoms with Gasteiger partial charge < -0.3 is 30.6 Å². The number of benzene rings is 12. The Morgan fingerprint density at radius 3 is 0.526 bits per heavy atom. The molecule has 12 aromatic rings. The Balaban J connectivity index is 0.967. The molecule has 0 aromatic heterocycles. The number of phenols is 6. The molecule has 6 nitrogen and oxygen atoms in total. The third-order valence-electron chi connectivity index (χ3n) is 20.1. The predicted molar refractivity (Wildman–Crippen MR) is 386 cm³/mol. The van der Waals surface area contributed by atoms with Crippen molar-refractivity contribution in [2.45, 2.75) is 109 Å². The highest BCUT2D eigenvalue weighted by Gasteiger charge is 2.26. The summed E-state index contributed by atoms with van der Waals surface area (Å²) in [5.41, 5.74) is 19.2. The van der Waals surface area contributed by atoms with Crippen LogP contribution in [0.3, 0.4) is 0 Å². The lowest BCUT2D eigenvalue weighted by atomic mass is 9.83. The molecule has 12 rings (SSSR count). The topological polar surface area (TPSA) is 121 Å². The summed E-state index contributed by atoms with van der Waals surface area (Å²) in [5, 5.41) is 74.6. The minimum Gasteiger partial charge on any atom is -0.508 e. The molecule has 6 atom stereocenters. The maximum Gasteiger partial charge on any atom is 0.122 e. The first-order chi connectivity index (χ1) is 46.0. The van der Waals surface area contributed by atoms with Crippen molar-refractivity contribution in [2.24, 2.45) is 0 Å². The lowest BCUT2D eigenvalue weighted by molar-refractivity contribution is 0.452. The van der Waals surface area contributed by atoms with Crippen molar-refractivity contribution in [3.05, 3.63) is 389 Å². The average Bonchev–Trinajstić information content (AvgIpc) is 0.825. The van der Waals surface area contributed by atoms with E-state index in [0.717, 1.165) is 66.8 Å². The Hall–Kier alpha value is -10.6. The van der Waals surface area contributed by atoms with Gasteiger partial charge in [0.15, 0.2) is 0 Å². The molecule has 0 aliphatic rings. The number of rotatable bonds is 22. The van der Waals surface area contributed by atoms with E-state index in [0.29, 0.717) is 55.6 Å². The lowest BCUT2D eigenvalue weighted by Gasteiger charge is -2.22. The summed E-state index contributed by atoms with van der Waals surface area (Å²) >= 11 is 0. The molecule has 476 valence electrons. The van der Waals surface area contributed by atoms with Crippen LogP contribution in [0, 0.1) is 0 Å². The quantitative estimate of drug-likeness (QED) is 0.0402. The van der Waals surface area contributed by atoms with Gasteiger partial charge in [0, 0.05) is 67.6 Å². The van der Waals surface area contributed by atoms with Crippen LogP contribution >= 0.6 is 0 Å². The lowest BCUT2D eigenvalue weighted by Crippen LogP contribution is -2.06. The zero-order valence-electron chi connectivity index (χ0n) is 55.1. The molecule has 0 amide bonds. The fourth-order valence-electron chi connectivity index (χ4n) is 13.9. The number of hydrogen-bond acceptors (Lipinski definition) is 6. The molecule has 6 heteroatoms. The monoisotopic (exact) mass is 1250 g/mol. The molecular weight excluding hydrogens is 1160 g/mol. The maximum atomic E-state index is 13.0. The minimum atomic E-state index is -0.107. The third-order valence-corrected chi connectivity index (χ3v) is 20.1. The highest BCUT2D eigenvalue weighted by Crippen LogP contribution is 2.44. The zero-order valence-corrected chi connectivity index (χ0v) is 55.1. The van der Waals surface area contributed by atoms with Gasteiger partial charge >= 0.3 is 0 Å². The molecule has 0 spiro atoms. The van der Waals surface area contributed by atoms with Crippen LogP contribution in [0.25, 0.3) is 0 Å². The molecule has 0 saturated carbocycles. The molecule has 0 saturated heterocycles. The summed E-state index contributed by atoms with van der Waals surface area (Å²) in [7, 11) is 0. The van der Waals surface area contributed by atoms with Crippen molar-refractivity contribution in [1.82, 2.24) is 0 Å². The molecule has 0 aliphatic heterocycles. The number of hydrogen-bond donors (Lipinski definition) is 6. The molecule has 95 heavy (non-hydrogen) atoms. The fraction of sp³-hybridized carbons (Fsp3) is 0.191. The Morgan fingerprint density at radius 2 is 0.337 bits per heavy atom. The second kappa shape index (κ2) is 28.8. The standard InChI is InChI=1S/C89H84O6/c1-56(62-25-13-7-14-26-62)68-37-39-84(90)74(41-68)51-76-43-70(58(3)64-29-17-9-18-30-64)45-78(86(76)92)53-80-47-72(60(5)66-33-21-11-22-34-66)49-82(88(80)94)55-83-50-73(61(6)67-35-23-12-24-36-67)48-81(89(83)95)54-79-46-71(59(4)65-31-19-10-20-32-65)44-77(87(79)93)52-75-42-69(38-40-85(75)91)57(2)63-27-15-8-16-28-63/h7-50,56-61,90-95H,51-55H2,1-6H3. The van der Waals surface area contributed by atoms with Crippen LogP contribution in [0.2, 0.25) is 0 Å². The molecule has 6 N–H and O–H groups in total. The SMILES string of the molecule is CC(c1ccccc1)c1ccc(O)c(Cc2cc(C(C)c3ccccc3)cc(Cc3cc(C(C)c4ccccc4)cc(Cc4cc(C(C)c5ccccc5)cc(Cc5cc(C(C)c6ccccc6)cc(Cc6cc(C(C)c7ccccc7)ccc6O)c5O)c4O)c3O)c2O)c1. The van der Waals surface area contributed by atoms with E-state index in [1.165, 1.54) is 0 Å². The van der Waals surface area contributed by atoms with Crippen LogP contribution in [0.1, 0.15) is 199 Å². The van der Waals surface area contributed by atoms with Crippen LogP contribution in [0.5, 0.6) is 34.5 Å². The van der Waals surface area contributed by atoms with Gasteiger partial charge in [0.25, 0.3) is 0 Å². The van der Waals surface area contributed by atoms with E-state index >= 15 is 0 Å². The van der Waals surface area contributed by atoms with Gasteiger partial charge in [-0.25, -0.2) is 0 Å². The molecule has 0 aliphatic carbocycles. The van der Waals surface area contributed by atoms with Gasteiger partial charge in [-0.15, -0.1) is 0 Å².